The van der Waals surface area contributed by atoms with Gasteiger partial charge in [-0.05, 0) is 133 Å². The van der Waals surface area contributed by atoms with E-state index in [1.54, 1.807) is 11.1 Å². The average molecular weight is 572 g/mol. The first kappa shape index (κ1) is 30.5. The van der Waals surface area contributed by atoms with Gasteiger partial charge < -0.3 is 5.32 Å². The maximum Gasteiger partial charge on any atom is 0.226 e. The monoisotopic (exact) mass is 571 g/mol. The number of amides is 1. The van der Waals surface area contributed by atoms with Crippen molar-refractivity contribution in [2.45, 2.75) is 144 Å². The Morgan fingerprint density at radius 2 is 1.69 bits per heavy atom. The van der Waals surface area contributed by atoms with E-state index in [1.165, 1.54) is 62.5 Å². The minimum Gasteiger partial charge on any atom is -0.355 e. The number of allylic oxidation sites excluding steroid dienone is 2. The van der Waals surface area contributed by atoms with Gasteiger partial charge in [-0.15, -0.1) is 0 Å². The molecule has 3 fully saturated rings. The van der Waals surface area contributed by atoms with Crippen molar-refractivity contribution in [2.75, 3.05) is 6.54 Å². The average Bonchev–Trinajstić information content (AvgIpc) is 2.95. The molecule has 0 saturated heterocycles. The molecule has 0 bridgehead atoms. The molecule has 232 valence electrons. The Morgan fingerprint density at radius 3 is 2.43 bits per heavy atom. The topological polar surface area (TPSA) is 29.1 Å². The van der Waals surface area contributed by atoms with E-state index >= 15 is 0 Å². The molecule has 0 aliphatic heterocycles. The fourth-order valence-corrected chi connectivity index (χ4v) is 11.8. The molecule has 0 radical (unpaired) electrons. The summed E-state index contributed by atoms with van der Waals surface area (Å²) in [6, 6.07) is 7.28. The Kier molecular flexibility index (Phi) is 7.83. The van der Waals surface area contributed by atoms with E-state index in [1.807, 2.05) is 0 Å². The molecule has 8 atom stereocenters. The summed E-state index contributed by atoms with van der Waals surface area (Å²) < 4.78 is 0. The summed E-state index contributed by atoms with van der Waals surface area (Å²) in [5.41, 5.74) is 6.71. The molecule has 5 aliphatic carbocycles. The molecule has 3 saturated carbocycles. The third kappa shape index (κ3) is 4.75. The molecule has 5 aliphatic rings. The first-order valence-electron chi connectivity index (χ1n) is 17.9. The van der Waals surface area contributed by atoms with E-state index < -0.39 is 0 Å². The van der Waals surface area contributed by atoms with Gasteiger partial charge in [0.25, 0.3) is 0 Å². The van der Waals surface area contributed by atoms with Crippen molar-refractivity contribution in [2.24, 2.45) is 45.8 Å². The van der Waals surface area contributed by atoms with Gasteiger partial charge in [0.1, 0.15) is 0 Å². The van der Waals surface area contributed by atoms with Crippen LogP contribution in [0.5, 0.6) is 0 Å². The van der Waals surface area contributed by atoms with Crippen LogP contribution < -0.4 is 5.32 Å². The van der Waals surface area contributed by atoms with Gasteiger partial charge in [0.15, 0.2) is 0 Å². The lowest BCUT2D eigenvalue weighted by Crippen LogP contribution is -2.58. The lowest BCUT2D eigenvalue weighted by Gasteiger charge is -2.59. The van der Waals surface area contributed by atoms with Crippen LogP contribution in [-0.2, 0) is 16.6 Å². The van der Waals surface area contributed by atoms with Crippen LogP contribution in [0.25, 0.3) is 0 Å². The van der Waals surface area contributed by atoms with Gasteiger partial charge in [-0.25, -0.2) is 0 Å². The maximum atomic E-state index is 14.4. The predicted octanol–water partition coefficient (Wildman–Crippen LogP) is 10.2. The summed E-state index contributed by atoms with van der Waals surface area (Å²) >= 11 is 0. The molecule has 0 heterocycles. The molecule has 0 aromatic heterocycles. The van der Waals surface area contributed by atoms with Crippen molar-refractivity contribution < 1.29 is 4.79 Å². The summed E-state index contributed by atoms with van der Waals surface area (Å²) in [4.78, 5) is 14.4. The third-order valence-corrected chi connectivity index (χ3v) is 14.4. The second-order valence-corrected chi connectivity index (χ2v) is 17.5. The summed E-state index contributed by atoms with van der Waals surface area (Å²) in [5, 5.41) is 3.69. The van der Waals surface area contributed by atoms with Crippen molar-refractivity contribution in [3.05, 3.63) is 46.5 Å². The number of carbonyl (C=O) groups is 1. The lowest BCUT2D eigenvalue weighted by atomic mass is 9.46. The Bertz CT molecular complexity index is 1230. The Hall–Kier alpha value is -1.57. The normalized spacial score (nSPS) is 41.3. The number of rotatable bonds is 5. The second-order valence-electron chi connectivity index (χ2n) is 17.5. The van der Waals surface area contributed by atoms with E-state index in [2.05, 4.69) is 85.0 Å². The number of hydrogen-bond donors (Lipinski definition) is 1. The van der Waals surface area contributed by atoms with Crippen LogP contribution in [0.2, 0.25) is 0 Å². The molecule has 1 aromatic carbocycles. The minimum atomic E-state index is -0.287. The van der Waals surface area contributed by atoms with Gasteiger partial charge in [-0.3, -0.25) is 4.79 Å². The highest BCUT2D eigenvalue weighted by Crippen LogP contribution is 2.63. The Morgan fingerprint density at radius 1 is 0.929 bits per heavy atom. The summed E-state index contributed by atoms with van der Waals surface area (Å²) in [6.07, 6.45) is 17.6. The molecule has 42 heavy (non-hydrogen) atoms. The van der Waals surface area contributed by atoms with Gasteiger partial charge in [0.05, 0.1) is 5.41 Å². The summed E-state index contributed by atoms with van der Waals surface area (Å²) in [5.74, 6) is 4.42. The largest absolute Gasteiger partial charge is 0.355 e. The predicted molar refractivity (Wildman–Crippen MR) is 177 cm³/mol. The van der Waals surface area contributed by atoms with E-state index in [9.17, 15) is 4.79 Å². The van der Waals surface area contributed by atoms with E-state index in [0.717, 1.165) is 50.0 Å². The number of aryl methyl sites for hydroxylation is 1. The number of fused-ring (bicyclic) bond motifs is 6. The standard InChI is InChI=1S/C40H61NO/c1-26(2)28-11-15-32-30(23-28)13-17-34-37(5,19-9-20-38(32,34)6)25-41-36(42)40(8)22-10-21-39(7)33-16-12-29(27(3)4)24-31(33)14-18-35(39)40/h12-13,16,24,26-28,32,34-35H,9-11,14-15,17-23,25H2,1-8H3,(H,41,42)/t28?,32-,34?,35-,37-,38-,39-,40+/m1/s1. The van der Waals surface area contributed by atoms with E-state index in [-0.39, 0.29) is 16.2 Å². The molecule has 1 aromatic rings. The van der Waals surface area contributed by atoms with Crippen molar-refractivity contribution in [1.82, 2.24) is 5.32 Å². The van der Waals surface area contributed by atoms with E-state index in [0.29, 0.717) is 29.1 Å². The Labute approximate surface area is 258 Å². The number of nitrogens with one attached hydrogen (secondary N) is 1. The zero-order valence-electron chi connectivity index (χ0n) is 28.4. The zero-order chi connectivity index (χ0) is 30.1. The molecule has 1 amide bonds. The second kappa shape index (κ2) is 10.8. The SMILES string of the molecule is CC(C)c1ccc2c(c1)CC[C@H]1[C@@](C)(C(=O)NC[C@@]3(C)CCC[C@@]4(C)C3CC=C3CC(C(C)C)CC[C@H]34)CCC[C@]21C. The maximum absolute atomic E-state index is 14.4. The first-order chi connectivity index (χ1) is 19.8. The lowest BCUT2D eigenvalue weighted by molar-refractivity contribution is -0.140. The highest BCUT2D eigenvalue weighted by atomic mass is 16.2. The van der Waals surface area contributed by atoms with Crippen molar-refractivity contribution >= 4 is 5.91 Å². The van der Waals surface area contributed by atoms with Gasteiger partial charge in [0.2, 0.25) is 5.91 Å². The highest BCUT2D eigenvalue weighted by molar-refractivity contribution is 5.83. The quantitative estimate of drug-likeness (QED) is 0.350. The van der Waals surface area contributed by atoms with Crippen molar-refractivity contribution in [3.63, 3.8) is 0 Å². The number of benzene rings is 1. The summed E-state index contributed by atoms with van der Waals surface area (Å²) in [6.45, 7) is 20.3. The van der Waals surface area contributed by atoms with Crippen LogP contribution in [0, 0.1) is 45.8 Å². The molecule has 6 rings (SSSR count). The summed E-state index contributed by atoms with van der Waals surface area (Å²) in [7, 11) is 0. The minimum absolute atomic E-state index is 0.0974. The third-order valence-electron chi connectivity index (χ3n) is 14.4. The van der Waals surface area contributed by atoms with Crippen molar-refractivity contribution in [1.29, 1.82) is 0 Å². The number of hydrogen-bond acceptors (Lipinski definition) is 1. The number of carbonyl (C=O) groups excluding carboxylic acids is 1. The fraction of sp³-hybridized carbons (Fsp3) is 0.775. The fourth-order valence-electron chi connectivity index (χ4n) is 11.8. The first-order valence-corrected chi connectivity index (χ1v) is 17.9. The molecule has 2 heteroatoms. The van der Waals surface area contributed by atoms with Gasteiger partial charge in [0, 0.05) is 6.54 Å². The van der Waals surface area contributed by atoms with Crippen LogP contribution in [0.15, 0.2) is 29.8 Å². The van der Waals surface area contributed by atoms with Crippen LogP contribution in [-0.4, -0.2) is 12.5 Å². The smallest absolute Gasteiger partial charge is 0.226 e. The van der Waals surface area contributed by atoms with Crippen LogP contribution >= 0.6 is 0 Å². The molecular formula is C40H61NO. The van der Waals surface area contributed by atoms with Crippen molar-refractivity contribution in [3.8, 4) is 0 Å². The van der Waals surface area contributed by atoms with Crippen LogP contribution in [0.4, 0.5) is 0 Å². The highest BCUT2D eigenvalue weighted by Gasteiger charge is 2.57. The van der Waals surface area contributed by atoms with Gasteiger partial charge in [-0.2, -0.15) is 0 Å². The Balaban J connectivity index is 1.20. The molecule has 2 unspecified atom stereocenters. The van der Waals surface area contributed by atoms with Gasteiger partial charge >= 0.3 is 0 Å². The van der Waals surface area contributed by atoms with Gasteiger partial charge in [-0.1, -0.05) is 98.1 Å². The molecule has 1 N–H and O–H groups in total. The zero-order valence-corrected chi connectivity index (χ0v) is 28.4. The molecule has 0 spiro atoms. The molecular weight excluding hydrogens is 510 g/mol. The van der Waals surface area contributed by atoms with E-state index in [4.69, 9.17) is 0 Å². The van der Waals surface area contributed by atoms with Crippen LogP contribution in [0.3, 0.4) is 0 Å². The van der Waals surface area contributed by atoms with Crippen LogP contribution in [0.1, 0.15) is 149 Å². The molecule has 2 nitrogen and oxygen atoms in total.